The summed E-state index contributed by atoms with van der Waals surface area (Å²) in [5.41, 5.74) is 1.81. The standard InChI is InChI=1S/C12H12N2O2S/c1-15-10-4-3-8(5-11(10)16-2)9-6-13-7-14-12(9)17/h3-7H,1-2H3,(H,13,14,17). The molecule has 0 saturated carbocycles. The third kappa shape index (κ3) is 2.29. The topological polar surface area (TPSA) is 47.1 Å². The van der Waals surface area contributed by atoms with E-state index in [0.717, 1.165) is 11.1 Å². The van der Waals surface area contributed by atoms with Gasteiger partial charge in [0.2, 0.25) is 0 Å². The van der Waals surface area contributed by atoms with Crippen LogP contribution in [0.2, 0.25) is 0 Å². The molecule has 0 fully saturated rings. The highest BCUT2D eigenvalue weighted by Crippen LogP contribution is 2.31. The summed E-state index contributed by atoms with van der Waals surface area (Å²) in [4.78, 5) is 6.92. The van der Waals surface area contributed by atoms with Gasteiger partial charge in [-0.05, 0) is 17.7 Å². The number of aromatic amines is 1. The normalized spacial score (nSPS) is 10.0. The van der Waals surface area contributed by atoms with E-state index in [-0.39, 0.29) is 0 Å². The quantitative estimate of drug-likeness (QED) is 0.848. The maximum Gasteiger partial charge on any atom is 0.161 e. The number of hydrogen-bond acceptors (Lipinski definition) is 4. The highest BCUT2D eigenvalue weighted by Gasteiger charge is 2.07. The fourth-order valence-corrected chi connectivity index (χ4v) is 1.78. The van der Waals surface area contributed by atoms with Gasteiger partial charge in [0.15, 0.2) is 11.5 Å². The lowest BCUT2D eigenvalue weighted by molar-refractivity contribution is 0.355. The van der Waals surface area contributed by atoms with Crippen LogP contribution in [0.4, 0.5) is 0 Å². The molecule has 1 N–H and O–H groups in total. The summed E-state index contributed by atoms with van der Waals surface area (Å²) in [5, 5.41) is 0. The van der Waals surface area contributed by atoms with Crippen molar-refractivity contribution in [3.63, 3.8) is 0 Å². The van der Waals surface area contributed by atoms with Crippen LogP contribution in [0.1, 0.15) is 0 Å². The van der Waals surface area contributed by atoms with Gasteiger partial charge in [-0.25, -0.2) is 4.98 Å². The van der Waals surface area contributed by atoms with Gasteiger partial charge in [0.1, 0.15) is 4.64 Å². The average molecular weight is 248 g/mol. The van der Waals surface area contributed by atoms with Crippen LogP contribution in [0, 0.1) is 4.64 Å². The summed E-state index contributed by atoms with van der Waals surface area (Å²) >= 11 is 5.21. The van der Waals surface area contributed by atoms with Crippen LogP contribution in [-0.4, -0.2) is 24.2 Å². The fraction of sp³-hybridized carbons (Fsp3) is 0.167. The zero-order chi connectivity index (χ0) is 12.3. The Hall–Kier alpha value is -1.88. The van der Waals surface area contributed by atoms with Crippen LogP contribution < -0.4 is 9.47 Å². The average Bonchev–Trinajstić information content (AvgIpc) is 2.38. The van der Waals surface area contributed by atoms with E-state index in [1.807, 2.05) is 18.2 Å². The number of ether oxygens (including phenoxy) is 2. The third-order valence-electron chi connectivity index (χ3n) is 2.41. The molecule has 0 spiro atoms. The Morgan fingerprint density at radius 2 is 1.94 bits per heavy atom. The predicted octanol–water partition coefficient (Wildman–Crippen LogP) is 2.82. The Bertz CT molecular complexity index is 581. The SMILES string of the molecule is COc1ccc(-c2cnc[nH]c2=S)cc1OC. The molecule has 2 rings (SSSR count). The highest BCUT2D eigenvalue weighted by molar-refractivity contribution is 7.71. The summed E-state index contributed by atoms with van der Waals surface area (Å²) in [6.07, 6.45) is 3.28. The molecule has 5 heteroatoms. The Kier molecular flexibility index (Phi) is 3.39. The first-order valence-electron chi connectivity index (χ1n) is 5.01. The molecule has 1 heterocycles. The Balaban J connectivity index is 2.54. The molecular formula is C12H12N2O2S. The summed E-state index contributed by atoms with van der Waals surface area (Å²) in [6, 6.07) is 5.64. The van der Waals surface area contributed by atoms with E-state index in [4.69, 9.17) is 21.7 Å². The van der Waals surface area contributed by atoms with Crippen LogP contribution in [0.15, 0.2) is 30.7 Å². The van der Waals surface area contributed by atoms with Crippen molar-refractivity contribution in [2.45, 2.75) is 0 Å². The van der Waals surface area contributed by atoms with Gasteiger partial charge in [-0.15, -0.1) is 0 Å². The van der Waals surface area contributed by atoms with Crippen molar-refractivity contribution in [3.05, 3.63) is 35.4 Å². The second kappa shape index (κ2) is 4.97. The molecule has 0 unspecified atom stereocenters. The van der Waals surface area contributed by atoms with Crippen molar-refractivity contribution in [2.75, 3.05) is 14.2 Å². The fourth-order valence-electron chi connectivity index (χ4n) is 1.55. The lowest BCUT2D eigenvalue weighted by Gasteiger charge is -2.09. The molecule has 0 radical (unpaired) electrons. The first-order valence-corrected chi connectivity index (χ1v) is 5.42. The largest absolute Gasteiger partial charge is 0.493 e. The molecule has 4 nitrogen and oxygen atoms in total. The van der Waals surface area contributed by atoms with Crippen LogP contribution in [0.3, 0.4) is 0 Å². The third-order valence-corrected chi connectivity index (χ3v) is 2.75. The molecule has 0 aliphatic rings. The monoisotopic (exact) mass is 248 g/mol. The minimum absolute atomic E-state index is 0.646. The van der Waals surface area contributed by atoms with Gasteiger partial charge in [-0.2, -0.15) is 0 Å². The number of methoxy groups -OCH3 is 2. The van der Waals surface area contributed by atoms with E-state index >= 15 is 0 Å². The van der Waals surface area contributed by atoms with Crippen molar-refractivity contribution in [1.82, 2.24) is 9.97 Å². The summed E-state index contributed by atoms with van der Waals surface area (Å²) in [5.74, 6) is 1.36. The molecule has 0 saturated heterocycles. The number of nitrogens with zero attached hydrogens (tertiary/aromatic N) is 1. The molecule has 2 aromatic rings. The van der Waals surface area contributed by atoms with Crippen LogP contribution in [0.25, 0.3) is 11.1 Å². The first kappa shape index (κ1) is 11.6. The molecule has 0 aliphatic carbocycles. The molecule has 0 atom stereocenters. The van der Waals surface area contributed by atoms with Crippen LogP contribution in [-0.2, 0) is 0 Å². The molecular weight excluding hydrogens is 236 g/mol. The maximum absolute atomic E-state index is 5.25. The van der Waals surface area contributed by atoms with Crippen molar-refractivity contribution < 1.29 is 9.47 Å². The van der Waals surface area contributed by atoms with E-state index in [0.29, 0.717) is 16.1 Å². The second-order valence-electron chi connectivity index (χ2n) is 3.36. The predicted molar refractivity (Wildman–Crippen MR) is 68.0 cm³/mol. The Morgan fingerprint density at radius 1 is 1.18 bits per heavy atom. The Labute approximate surface area is 104 Å². The van der Waals surface area contributed by atoms with Crippen molar-refractivity contribution >= 4 is 12.2 Å². The van der Waals surface area contributed by atoms with Gasteiger partial charge in [0.05, 0.1) is 20.5 Å². The summed E-state index contributed by atoms with van der Waals surface area (Å²) in [6.45, 7) is 0. The maximum atomic E-state index is 5.25. The van der Waals surface area contributed by atoms with Gasteiger partial charge in [0.25, 0.3) is 0 Å². The Morgan fingerprint density at radius 3 is 2.59 bits per heavy atom. The minimum Gasteiger partial charge on any atom is -0.493 e. The highest BCUT2D eigenvalue weighted by atomic mass is 32.1. The zero-order valence-corrected chi connectivity index (χ0v) is 10.4. The van der Waals surface area contributed by atoms with E-state index in [1.54, 1.807) is 26.7 Å². The van der Waals surface area contributed by atoms with Gasteiger partial charge >= 0.3 is 0 Å². The van der Waals surface area contributed by atoms with Gasteiger partial charge in [0, 0.05) is 11.8 Å². The smallest absolute Gasteiger partial charge is 0.161 e. The summed E-state index contributed by atoms with van der Waals surface area (Å²) in [7, 11) is 3.21. The van der Waals surface area contributed by atoms with Gasteiger partial charge in [-0.3, -0.25) is 0 Å². The lowest BCUT2D eigenvalue weighted by Crippen LogP contribution is -1.91. The van der Waals surface area contributed by atoms with Crippen LogP contribution >= 0.6 is 12.2 Å². The molecule has 17 heavy (non-hydrogen) atoms. The molecule has 88 valence electrons. The number of benzene rings is 1. The van der Waals surface area contributed by atoms with Crippen LogP contribution in [0.5, 0.6) is 11.5 Å². The van der Waals surface area contributed by atoms with Gasteiger partial charge in [-0.1, -0.05) is 18.3 Å². The van der Waals surface area contributed by atoms with Crippen molar-refractivity contribution in [2.24, 2.45) is 0 Å². The number of rotatable bonds is 3. The number of H-pyrrole nitrogens is 1. The van der Waals surface area contributed by atoms with E-state index < -0.39 is 0 Å². The molecule has 0 bridgehead atoms. The van der Waals surface area contributed by atoms with E-state index in [9.17, 15) is 0 Å². The van der Waals surface area contributed by atoms with Crippen molar-refractivity contribution in [1.29, 1.82) is 0 Å². The zero-order valence-electron chi connectivity index (χ0n) is 9.56. The molecule has 1 aromatic carbocycles. The van der Waals surface area contributed by atoms with E-state index in [2.05, 4.69) is 9.97 Å². The number of aromatic nitrogens is 2. The molecule has 0 aliphatic heterocycles. The minimum atomic E-state index is 0.646. The second-order valence-corrected chi connectivity index (χ2v) is 3.77. The molecule has 1 aromatic heterocycles. The lowest BCUT2D eigenvalue weighted by atomic mass is 10.1. The molecule has 0 amide bonds. The summed E-state index contributed by atoms with van der Waals surface area (Å²) < 4.78 is 11.1. The first-order chi connectivity index (χ1) is 8.26. The van der Waals surface area contributed by atoms with Gasteiger partial charge < -0.3 is 14.5 Å². The number of nitrogens with one attached hydrogen (secondary N) is 1. The number of hydrogen-bond donors (Lipinski definition) is 1. The van der Waals surface area contributed by atoms with Crippen molar-refractivity contribution in [3.8, 4) is 22.6 Å². The van der Waals surface area contributed by atoms with E-state index in [1.165, 1.54) is 0 Å².